The minimum atomic E-state index is -3.21. The van der Waals surface area contributed by atoms with Crippen LogP contribution in [0.1, 0.15) is 26.1 Å². The predicted octanol–water partition coefficient (Wildman–Crippen LogP) is 4.10. The minimum absolute atomic E-state index is 0.0532. The van der Waals surface area contributed by atoms with Crippen molar-refractivity contribution in [2.75, 3.05) is 62.9 Å². The summed E-state index contributed by atoms with van der Waals surface area (Å²) in [5, 5.41) is 9.76. The van der Waals surface area contributed by atoms with Gasteiger partial charge in [0.25, 0.3) is 0 Å². The molecule has 1 aliphatic rings. The van der Waals surface area contributed by atoms with Gasteiger partial charge in [0.2, 0.25) is 11.9 Å². The normalized spacial score (nSPS) is 19.3. The number of carbonyl (C=O) groups is 1. The van der Waals surface area contributed by atoms with E-state index in [0.29, 0.717) is 32.0 Å². The number of amides is 1. The van der Waals surface area contributed by atoms with Crippen molar-refractivity contribution in [1.29, 1.82) is 0 Å². The number of nitrogens with one attached hydrogen (secondary N) is 2. The Bertz CT molecular complexity index is 2110. The second-order valence-corrected chi connectivity index (χ2v) is 8.39. The van der Waals surface area contributed by atoms with Crippen LogP contribution in [0.4, 0.5) is 23.0 Å². The van der Waals surface area contributed by atoms with Crippen molar-refractivity contribution < 1.29 is 34.8 Å². The van der Waals surface area contributed by atoms with Gasteiger partial charge in [-0.15, -0.1) is 0 Å². The first-order chi connectivity index (χ1) is 26.2. The van der Waals surface area contributed by atoms with Crippen LogP contribution < -0.4 is 20.3 Å². The highest BCUT2D eigenvalue weighted by atomic mass is 16.5. The van der Waals surface area contributed by atoms with Crippen LogP contribution in [0.15, 0.2) is 73.4 Å². The molecule has 4 aromatic rings. The maximum Gasteiger partial charge on any atom is 0.247 e. The lowest BCUT2D eigenvalue weighted by molar-refractivity contribution is -0.111. The molecule has 0 atom stereocenters. The SMILES string of the molecule is [2H]c1c([2H])c([2H])c(-c2nn(-c3ccnc(Nc4cc(NC(=O)C=C)c(N5CCOCC5)cc4OC([2H])([2H])[2H])n3)c([2H])c2C([2H])([2H])N(C([2H])[2H])C([2H])[2H])c([2H])c1[2H]. The molecule has 5 rings (SSSR count). The molecule has 11 nitrogen and oxygen atoms in total. The molecule has 3 heterocycles. The number of morpholine rings is 1. The maximum atomic E-state index is 12.5. The summed E-state index contributed by atoms with van der Waals surface area (Å²) in [6.45, 7) is -2.78. The van der Waals surface area contributed by atoms with Crippen molar-refractivity contribution >= 4 is 28.9 Å². The minimum Gasteiger partial charge on any atom is -0.494 e. The van der Waals surface area contributed by atoms with E-state index < -0.39 is 86.6 Å². The van der Waals surface area contributed by atoms with E-state index in [0.717, 1.165) is 10.8 Å². The van der Waals surface area contributed by atoms with Crippen LogP contribution in [0.3, 0.4) is 0 Å². The van der Waals surface area contributed by atoms with Gasteiger partial charge in [-0.3, -0.25) is 4.79 Å². The van der Waals surface area contributed by atoms with Gasteiger partial charge in [0, 0.05) is 63.4 Å². The number of rotatable bonds is 10. The van der Waals surface area contributed by atoms with Crippen LogP contribution in [-0.4, -0.2) is 77.9 Å². The average Bonchev–Trinajstić information content (AvgIpc) is 3.47. The summed E-state index contributed by atoms with van der Waals surface area (Å²) in [4.78, 5) is 23.0. The number of methoxy groups -OCH3 is 1. The summed E-state index contributed by atoms with van der Waals surface area (Å²) in [5.74, 6) is -1.35. The van der Waals surface area contributed by atoms with Gasteiger partial charge in [-0.2, -0.15) is 10.1 Å². The molecule has 2 aromatic carbocycles. The molecule has 0 radical (unpaired) electrons. The fourth-order valence-electron chi connectivity index (χ4n) is 3.94. The second kappa shape index (κ2) is 12.6. The van der Waals surface area contributed by atoms with Crippen molar-refractivity contribution in [2.45, 2.75) is 6.50 Å². The number of hydrogen-bond donors (Lipinski definition) is 2. The van der Waals surface area contributed by atoms with E-state index in [9.17, 15) is 4.79 Å². The Morgan fingerprint density at radius 3 is 2.85 bits per heavy atom. The lowest BCUT2D eigenvalue weighted by atomic mass is 10.1. The van der Waals surface area contributed by atoms with Crippen molar-refractivity contribution in [2.24, 2.45) is 0 Å². The third-order valence-electron chi connectivity index (χ3n) is 5.74. The van der Waals surface area contributed by atoms with Gasteiger partial charge in [0.05, 0.1) is 55.3 Å². The summed E-state index contributed by atoms with van der Waals surface area (Å²) in [7, 11) is -2.94. The summed E-state index contributed by atoms with van der Waals surface area (Å²) < 4.78 is 134. The van der Waals surface area contributed by atoms with Gasteiger partial charge < -0.3 is 29.9 Å². The number of aromatic nitrogens is 4. The zero-order chi connectivity index (χ0) is 41.4. The van der Waals surface area contributed by atoms with E-state index in [-0.39, 0.29) is 33.8 Å². The molecule has 0 aliphatic carbocycles. The van der Waals surface area contributed by atoms with Gasteiger partial charge in [-0.25, -0.2) is 9.67 Å². The third-order valence-corrected chi connectivity index (χ3v) is 5.74. The van der Waals surface area contributed by atoms with E-state index in [1.165, 1.54) is 24.4 Å². The molecular weight excluding hydrogens is 520 g/mol. The highest BCUT2D eigenvalue weighted by Crippen LogP contribution is 2.38. The quantitative estimate of drug-likeness (QED) is 0.273. The Morgan fingerprint density at radius 2 is 2.10 bits per heavy atom. The van der Waals surface area contributed by atoms with Crippen molar-refractivity contribution in [3.63, 3.8) is 0 Å². The topological polar surface area (TPSA) is 110 Å². The molecule has 1 aliphatic heterocycles. The van der Waals surface area contributed by atoms with Crippen LogP contribution in [-0.2, 0) is 16.0 Å². The number of nitrogens with zero attached hydrogens (tertiary/aromatic N) is 6. The lowest BCUT2D eigenvalue weighted by Gasteiger charge is -2.31. The van der Waals surface area contributed by atoms with E-state index >= 15 is 0 Å². The van der Waals surface area contributed by atoms with Crippen LogP contribution in [0.5, 0.6) is 5.75 Å². The number of benzene rings is 2. The highest BCUT2D eigenvalue weighted by molar-refractivity contribution is 6.02. The van der Waals surface area contributed by atoms with Gasteiger partial charge in [0.1, 0.15) is 5.75 Å². The average molecular weight is 570 g/mol. The fourth-order valence-corrected chi connectivity index (χ4v) is 3.94. The zero-order valence-corrected chi connectivity index (χ0v) is 21.5. The lowest BCUT2D eigenvalue weighted by Crippen LogP contribution is -2.36. The zero-order valence-electron chi connectivity index (χ0n) is 36.5. The van der Waals surface area contributed by atoms with Crippen molar-refractivity contribution in [3.05, 3.63) is 79.0 Å². The molecule has 1 amide bonds. The molecule has 2 N–H and O–H groups in total. The summed E-state index contributed by atoms with van der Waals surface area (Å²) in [6, 6.07) is -0.0521. The van der Waals surface area contributed by atoms with Crippen molar-refractivity contribution in [3.8, 4) is 22.8 Å². The number of anilines is 4. The van der Waals surface area contributed by atoms with Crippen LogP contribution in [0.25, 0.3) is 17.1 Å². The first kappa shape index (κ1) is 14.8. The van der Waals surface area contributed by atoms with Gasteiger partial charge >= 0.3 is 0 Å². The Labute approximate surface area is 260 Å². The number of ether oxygens (including phenoxy) is 2. The van der Waals surface area contributed by atoms with E-state index in [1.807, 2.05) is 4.90 Å². The molecule has 0 unspecified atom stereocenters. The van der Waals surface area contributed by atoms with Crippen LogP contribution in [0, 0.1) is 0 Å². The Hall–Kier alpha value is -4.74. The molecule has 2 aromatic heterocycles. The fraction of sp³-hybridized carbons (Fsp3) is 0.267. The molecular formula is C30H34N8O3. The van der Waals surface area contributed by atoms with Crippen LogP contribution in [0.2, 0.25) is 0 Å². The van der Waals surface area contributed by atoms with Gasteiger partial charge in [-0.1, -0.05) is 36.8 Å². The van der Waals surface area contributed by atoms with Gasteiger partial charge in [-0.05, 0) is 26.1 Å². The van der Waals surface area contributed by atoms with Crippen LogP contribution >= 0.6 is 0 Å². The predicted molar refractivity (Wildman–Crippen MR) is 160 cm³/mol. The largest absolute Gasteiger partial charge is 0.494 e. The van der Waals surface area contributed by atoms with E-state index in [2.05, 4.69) is 32.3 Å². The second-order valence-electron chi connectivity index (χ2n) is 8.39. The highest BCUT2D eigenvalue weighted by Gasteiger charge is 2.20. The smallest absolute Gasteiger partial charge is 0.247 e. The molecule has 1 saturated heterocycles. The Balaban J connectivity index is 1.70. The standard InChI is InChI=1S/C30H34N8O3/c1-5-28(39)32-23-17-24(26(40-4)18-25(23)37-13-15-41-16-14-37)33-30-31-12-11-27(34-30)38-20-22(19-36(2)3)29(35-38)21-9-7-6-8-10-21/h5-12,17-18,20H,1,13-16,19H2,2-4H3,(H,32,39)(H,31,33,34)/i2D2,3D2,4D3,6D,7D,8D,9D,10D,19D2,20D. The molecule has 41 heavy (non-hydrogen) atoms. The van der Waals surface area contributed by atoms with Crippen molar-refractivity contribution in [1.82, 2.24) is 24.6 Å². The molecule has 0 bridgehead atoms. The first-order valence-electron chi connectivity index (χ1n) is 19.9. The molecule has 0 spiro atoms. The van der Waals surface area contributed by atoms with E-state index in [4.69, 9.17) is 30.0 Å². The molecule has 212 valence electrons. The van der Waals surface area contributed by atoms with Gasteiger partial charge in [0.15, 0.2) is 5.82 Å². The monoisotopic (exact) mass is 569 g/mol. The summed E-state index contributed by atoms with van der Waals surface area (Å²) >= 11 is 0. The third kappa shape index (κ3) is 6.53. The molecule has 11 heteroatoms. The van der Waals surface area contributed by atoms with E-state index in [1.54, 1.807) is 0 Å². The molecule has 0 saturated carbocycles. The summed E-state index contributed by atoms with van der Waals surface area (Å²) in [5.41, 5.74) is -1.60. The first-order valence-corrected chi connectivity index (χ1v) is 12.1. The summed E-state index contributed by atoms with van der Waals surface area (Å²) in [6.07, 6.45) is 1.36. The Kier molecular flexibility index (Phi) is 4.55. The Morgan fingerprint density at radius 1 is 1.27 bits per heavy atom. The number of hydrogen-bond acceptors (Lipinski definition) is 9. The molecule has 1 fully saturated rings. The number of carbonyl (C=O) groups excluding carboxylic acids is 1. The maximum absolute atomic E-state index is 12.5.